The molecule has 1 fully saturated rings. The number of nitrogens with zero attached hydrogens (tertiary/aromatic N) is 1. The zero-order valence-electron chi connectivity index (χ0n) is 14.9. The molecule has 8 nitrogen and oxygen atoms in total. The van der Waals surface area contributed by atoms with Crippen LogP contribution in [0, 0.1) is 5.92 Å². The number of carbonyl (C=O) groups excluding carboxylic acids is 4. The molecule has 146 valence electrons. The first kappa shape index (κ1) is 19.6. The van der Waals surface area contributed by atoms with Crippen LogP contribution >= 0.6 is 11.3 Å². The minimum Gasteiger partial charge on any atom is -0.455 e. The lowest BCUT2D eigenvalue weighted by atomic mass is 10.1. The van der Waals surface area contributed by atoms with Gasteiger partial charge in [-0.1, -0.05) is 30.3 Å². The lowest BCUT2D eigenvalue weighted by Gasteiger charge is -2.16. The molecule has 3 rings (SSSR count). The van der Waals surface area contributed by atoms with Gasteiger partial charge in [-0.2, -0.15) is 0 Å². The predicted octanol–water partition coefficient (Wildman–Crippen LogP) is 1.38. The fourth-order valence-corrected chi connectivity index (χ4v) is 3.71. The third kappa shape index (κ3) is 4.74. The number of esters is 1. The van der Waals surface area contributed by atoms with Crippen molar-refractivity contribution in [1.82, 2.24) is 4.90 Å². The summed E-state index contributed by atoms with van der Waals surface area (Å²) in [7, 11) is 0. The summed E-state index contributed by atoms with van der Waals surface area (Å²) in [6, 6.07) is 11.0. The van der Waals surface area contributed by atoms with E-state index in [0.717, 1.165) is 16.9 Å². The van der Waals surface area contributed by atoms with E-state index in [9.17, 15) is 19.2 Å². The van der Waals surface area contributed by atoms with Crippen molar-refractivity contribution in [2.75, 3.05) is 18.5 Å². The van der Waals surface area contributed by atoms with Gasteiger partial charge in [0.2, 0.25) is 5.91 Å². The molecule has 0 saturated carbocycles. The van der Waals surface area contributed by atoms with Crippen LogP contribution in [0.5, 0.6) is 0 Å². The van der Waals surface area contributed by atoms with E-state index in [1.165, 1.54) is 6.07 Å². The first-order valence-electron chi connectivity index (χ1n) is 8.59. The van der Waals surface area contributed by atoms with Gasteiger partial charge in [0.15, 0.2) is 6.61 Å². The number of thiophene rings is 1. The number of benzene rings is 1. The lowest BCUT2D eigenvalue weighted by molar-refractivity contribution is -0.151. The molecule has 0 radical (unpaired) electrons. The Kier molecular flexibility index (Phi) is 6.05. The van der Waals surface area contributed by atoms with Gasteiger partial charge < -0.3 is 20.7 Å². The van der Waals surface area contributed by atoms with E-state index in [-0.39, 0.29) is 24.4 Å². The van der Waals surface area contributed by atoms with Crippen molar-refractivity contribution in [2.45, 2.75) is 13.0 Å². The van der Waals surface area contributed by atoms with E-state index in [4.69, 9.17) is 10.5 Å². The normalized spacial score (nSPS) is 16.1. The van der Waals surface area contributed by atoms with Crippen LogP contribution in [0.2, 0.25) is 0 Å². The first-order valence-corrected chi connectivity index (χ1v) is 9.47. The van der Waals surface area contributed by atoms with Crippen LogP contribution in [0.3, 0.4) is 0 Å². The van der Waals surface area contributed by atoms with Gasteiger partial charge in [-0.15, -0.1) is 11.3 Å². The van der Waals surface area contributed by atoms with Crippen LogP contribution in [0.25, 0.3) is 0 Å². The van der Waals surface area contributed by atoms with Gasteiger partial charge in [-0.05, 0) is 17.0 Å². The molecule has 0 spiro atoms. The van der Waals surface area contributed by atoms with Crippen molar-refractivity contribution >= 4 is 40.0 Å². The minimum atomic E-state index is -0.656. The van der Waals surface area contributed by atoms with Crippen LogP contribution in [-0.4, -0.2) is 41.7 Å². The predicted molar refractivity (Wildman–Crippen MR) is 102 cm³/mol. The Labute approximate surface area is 165 Å². The highest BCUT2D eigenvalue weighted by Crippen LogP contribution is 2.23. The van der Waals surface area contributed by atoms with Crippen molar-refractivity contribution in [3.63, 3.8) is 0 Å². The van der Waals surface area contributed by atoms with Gasteiger partial charge in [0.05, 0.1) is 11.5 Å². The van der Waals surface area contributed by atoms with Crippen molar-refractivity contribution < 1.29 is 23.9 Å². The molecule has 9 heteroatoms. The van der Waals surface area contributed by atoms with Crippen molar-refractivity contribution in [3.8, 4) is 0 Å². The van der Waals surface area contributed by atoms with E-state index in [2.05, 4.69) is 5.32 Å². The number of amides is 3. The summed E-state index contributed by atoms with van der Waals surface area (Å²) < 4.78 is 5.04. The van der Waals surface area contributed by atoms with E-state index >= 15 is 0 Å². The standard InChI is InChI=1S/C19H19N3O5S/c20-17(25)14-6-7-28-18(14)21-15(23)11-27-19(26)13-8-16(24)22(10-13)9-12-4-2-1-3-5-12/h1-7,13H,8-11H2,(H2,20,25)(H,21,23). The SMILES string of the molecule is NC(=O)c1ccsc1NC(=O)COC(=O)C1CC(=O)N(Cc2ccccc2)C1. The summed E-state index contributed by atoms with van der Waals surface area (Å²) in [6.45, 7) is 0.182. The molecule has 1 aromatic heterocycles. The van der Waals surface area contributed by atoms with Crippen molar-refractivity contribution in [1.29, 1.82) is 0 Å². The summed E-state index contributed by atoms with van der Waals surface area (Å²) in [5.41, 5.74) is 6.39. The number of likely N-dealkylation sites (tertiary alicyclic amines) is 1. The van der Waals surface area contributed by atoms with Crippen LogP contribution in [0.15, 0.2) is 41.8 Å². The largest absolute Gasteiger partial charge is 0.455 e. The summed E-state index contributed by atoms with van der Waals surface area (Å²) in [5, 5.41) is 4.41. The average molecular weight is 401 g/mol. The topological polar surface area (TPSA) is 119 Å². The molecule has 1 aliphatic heterocycles. The number of hydrogen-bond donors (Lipinski definition) is 2. The molecule has 28 heavy (non-hydrogen) atoms. The van der Waals surface area contributed by atoms with Gasteiger partial charge in [-0.3, -0.25) is 19.2 Å². The molecule has 0 bridgehead atoms. The number of anilines is 1. The molecule has 0 aliphatic carbocycles. The number of carbonyl (C=O) groups is 4. The van der Waals surface area contributed by atoms with E-state index in [1.807, 2.05) is 30.3 Å². The highest BCUT2D eigenvalue weighted by atomic mass is 32.1. The lowest BCUT2D eigenvalue weighted by Crippen LogP contribution is -2.28. The fraction of sp³-hybridized carbons (Fsp3) is 0.263. The second-order valence-electron chi connectivity index (χ2n) is 6.34. The molecule has 1 unspecified atom stereocenters. The highest BCUT2D eigenvalue weighted by molar-refractivity contribution is 7.14. The van der Waals surface area contributed by atoms with E-state index in [1.54, 1.807) is 10.3 Å². The average Bonchev–Trinajstić information content (AvgIpc) is 3.28. The highest BCUT2D eigenvalue weighted by Gasteiger charge is 2.35. The second kappa shape index (κ2) is 8.66. The molecular formula is C19H19N3O5S. The van der Waals surface area contributed by atoms with Crippen LogP contribution in [-0.2, 0) is 25.7 Å². The van der Waals surface area contributed by atoms with Gasteiger partial charge in [0.25, 0.3) is 11.8 Å². The summed E-state index contributed by atoms with van der Waals surface area (Å²) in [6.07, 6.45) is 0.0596. The van der Waals surface area contributed by atoms with Gasteiger partial charge in [0, 0.05) is 19.5 Å². The maximum atomic E-state index is 12.2. The Balaban J connectivity index is 1.48. The first-order chi connectivity index (χ1) is 13.4. The Hall–Kier alpha value is -3.20. The van der Waals surface area contributed by atoms with Crippen LogP contribution in [0.4, 0.5) is 5.00 Å². The van der Waals surface area contributed by atoms with E-state index < -0.39 is 30.3 Å². The van der Waals surface area contributed by atoms with Crippen molar-refractivity contribution in [3.05, 3.63) is 52.9 Å². The molecule has 2 aromatic rings. The summed E-state index contributed by atoms with van der Waals surface area (Å²) in [5.74, 6) is -2.56. The maximum Gasteiger partial charge on any atom is 0.311 e. The molecule has 1 aromatic carbocycles. The quantitative estimate of drug-likeness (QED) is 0.680. The minimum absolute atomic E-state index is 0.0596. The summed E-state index contributed by atoms with van der Waals surface area (Å²) in [4.78, 5) is 49.2. The zero-order valence-corrected chi connectivity index (χ0v) is 15.7. The molecule has 1 atom stereocenters. The third-order valence-electron chi connectivity index (χ3n) is 4.29. The molecule has 3 N–H and O–H groups in total. The molecule has 1 aliphatic rings. The number of nitrogens with two attached hydrogens (primary N) is 1. The van der Waals surface area contributed by atoms with Crippen molar-refractivity contribution in [2.24, 2.45) is 11.7 Å². The fourth-order valence-electron chi connectivity index (χ4n) is 2.90. The number of ether oxygens (including phenoxy) is 1. The Bertz CT molecular complexity index is 896. The third-order valence-corrected chi connectivity index (χ3v) is 5.12. The zero-order chi connectivity index (χ0) is 20.1. The Morgan fingerprint density at radius 1 is 1.21 bits per heavy atom. The monoisotopic (exact) mass is 401 g/mol. The maximum absolute atomic E-state index is 12.2. The molecular weight excluding hydrogens is 382 g/mol. The smallest absolute Gasteiger partial charge is 0.311 e. The van der Waals surface area contributed by atoms with Gasteiger partial charge in [0.1, 0.15) is 5.00 Å². The van der Waals surface area contributed by atoms with Gasteiger partial charge in [-0.25, -0.2) is 0 Å². The van der Waals surface area contributed by atoms with Crippen LogP contribution < -0.4 is 11.1 Å². The second-order valence-corrected chi connectivity index (χ2v) is 7.26. The number of rotatable bonds is 7. The molecule has 1 saturated heterocycles. The number of nitrogens with one attached hydrogen (secondary N) is 1. The van der Waals surface area contributed by atoms with E-state index in [0.29, 0.717) is 11.5 Å². The Morgan fingerprint density at radius 3 is 2.68 bits per heavy atom. The molecule has 2 heterocycles. The van der Waals surface area contributed by atoms with Gasteiger partial charge >= 0.3 is 5.97 Å². The Morgan fingerprint density at radius 2 is 1.96 bits per heavy atom. The molecule has 3 amide bonds. The van der Waals surface area contributed by atoms with Crippen LogP contribution in [0.1, 0.15) is 22.3 Å². The number of primary amides is 1. The summed E-state index contributed by atoms with van der Waals surface area (Å²) >= 11 is 1.14. The number of hydrogen-bond acceptors (Lipinski definition) is 6.